The molecule has 0 amide bonds. The maximum Gasteiger partial charge on any atom is 0.0445 e. The van der Waals surface area contributed by atoms with Gasteiger partial charge in [0.15, 0.2) is 0 Å². The van der Waals surface area contributed by atoms with E-state index in [2.05, 4.69) is 19.6 Å². The third-order valence-corrected chi connectivity index (χ3v) is 5.01. The second kappa shape index (κ2) is 4.14. The lowest BCUT2D eigenvalue weighted by Crippen LogP contribution is -2.30. The lowest BCUT2D eigenvalue weighted by molar-refractivity contribution is 0.389. The van der Waals surface area contributed by atoms with Crippen LogP contribution in [0.25, 0.3) is 0 Å². The van der Waals surface area contributed by atoms with Crippen LogP contribution in [0.15, 0.2) is 0 Å². The lowest BCUT2D eigenvalue weighted by atomic mass is 9.90. The fourth-order valence-corrected chi connectivity index (χ4v) is 4.76. The molecule has 0 N–H and O–H groups in total. The highest BCUT2D eigenvalue weighted by Crippen LogP contribution is 2.34. The Labute approximate surface area is 82.7 Å². The van der Waals surface area contributed by atoms with Crippen molar-refractivity contribution >= 4 is 19.7 Å². The van der Waals surface area contributed by atoms with Gasteiger partial charge in [-0.05, 0) is 18.8 Å². The summed E-state index contributed by atoms with van der Waals surface area (Å²) in [5.41, 5.74) is 0. The molecule has 1 saturated carbocycles. The molecule has 0 aromatic carbocycles. The van der Waals surface area contributed by atoms with Crippen LogP contribution >= 0.6 is 11.6 Å². The molecular formula is C10H21ClSi. The zero-order valence-corrected chi connectivity index (χ0v) is 10.3. The molecule has 0 bridgehead atoms. The second-order valence-electron chi connectivity index (χ2n) is 5.33. The Morgan fingerprint density at radius 1 is 1.17 bits per heavy atom. The molecular weight excluding hydrogens is 184 g/mol. The number of hydrogen-bond donors (Lipinski definition) is 0. The highest BCUT2D eigenvalue weighted by Gasteiger charge is 2.27. The van der Waals surface area contributed by atoms with Gasteiger partial charge in [0.25, 0.3) is 0 Å². The van der Waals surface area contributed by atoms with Gasteiger partial charge in [-0.2, -0.15) is 0 Å². The number of alkyl halides is 1. The fraction of sp³-hybridized carbons (Fsp3) is 1.00. The molecule has 1 aliphatic carbocycles. The van der Waals surface area contributed by atoms with E-state index in [-0.39, 0.29) is 0 Å². The summed E-state index contributed by atoms with van der Waals surface area (Å²) in [6.45, 7) is 7.35. The molecule has 2 unspecified atom stereocenters. The summed E-state index contributed by atoms with van der Waals surface area (Å²) in [6, 6.07) is 1.43. The van der Waals surface area contributed by atoms with Crippen LogP contribution in [0, 0.1) is 5.92 Å². The molecule has 1 fully saturated rings. The predicted octanol–water partition coefficient (Wildman–Crippen LogP) is 4.12. The van der Waals surface area contributed by atoms with Crippen LogP contribution in [0.3, 0.4) is 0 Å². The van der Waals surface area contributed by atoms with Gasteiger partial charge in [0.05, 0.1) is 0 Å². The Kier molecular flexibility index (Phi) is 3.66. The van der Waals surface area contributed by atoms with Crippen molar-refractivity contribution in [1.29, 1.82) is 0 Å². The van der Waals surface area contributed by atoms with E-state index in [1.165, 1.54) is 31.7 Å². The van der Waals surface area contributed by atoms with E-state index in [1.807, 2.05) is 0 Å². The average Bonchev–Trinajstić information content (AvgIpc) is 1.91. The molecule has 0 aliphatic heterocycles. The normalized spacial score (nSPS) is 32.0. The van der Waals surface area contributed by atoms with Gasteiger partial charge in [-0.1, -0.05) is 38.5 Å². The molecule has 1 aliphatic rings. The highest BCUT2D eigenvalue weighted by atomic mass is 35.5. The minimum Gasteiger partial charge on any atom is -0.123 e. The largest absolute Gasteiger partial charge is 0.123 e. The standard InChI is InChI=1S/C10H21ClSi/c1-12(2,3)8-9-6-4-5-7-10(9)11/h9-10H,4-8H2,1-3H3. The van der Waals surface area contributed by atoms with Gasteiger partial charge in [-0.25, -0.2) is 0 Å². The summed E-state index contributed by atoms with van der Waals surface area (Å²) in [7, 11) is -0.871. The first-order valence-electron chi connectivity index (χ1n) is 5.13. The quantitative estimate of drug-likeness (QED) is 0.469. The third kappa shape index (κ3) is 3.49. The van der Waals surface area contributed by atoms with E-state index < -0.39 is 8.07 Å². The number of halogens is 1. The maximum atomic E-state index is 6.31. The Morgan fingerprint density at radius 3 is 2.25 bits per heavy atom. The summed E-state index contributed by atoms with van der Waals surface area (Å²) in [5, 5.41) is 0.491. The molecule has 12 heavy (non-hydrogen) atoms. The van der Waals surface area contributed by atoms with Gasteiger partial charge in [0.1, 0.15) is 0 Å². The first-order chi connectivity index (χ1) is 5.49. The molecule has 0 aromatic rings. The highest BCUT2D eigenvalue weighted by molar-refractivity contribution is 6.76. The van der Waals surface area contributed by atoms with Crippen molar-refractivity contribution in [3.8, 4) is 0 Å². The lowest BCUT2D eigenvalue weighted by Gasteiger charge is -2.31. The van der Waals surface area contributed by atoms with Crippen LogP contribution in [0.4, 0.5) is 0 Å². The smallest absolute Gasteiger partial charge is 0.0445 e. The molecule has 0 heterocycles. The summed E-state index contributed by atoms with van der Waals surface area (Å²) < 4.78 is 0. The Bertz CT molecular complexity index is 139. The van der Waals surface area contributed by atoms with Crippen LogP contribution in [0.5, 0.6) is 0 Å². The summed E-state index contributed by atoms with van der Waals surface area (Å²) in [6.07, 6.45) is 5.42. The Morgan fingerprint density at radius 2 is 1.75 bits per heavy atom. The van der Waals surface area contributed by atoms with Crippen LogP contribution in [0.2, 0.25) is 25.7 Å². The summed E-state index contributed by atoms with van der Waals surface area (Å²) >= 11 is 6.31. The van der Waals surface area contributed by atoms with Gasteiger partial charge < -0.3 is 0 Å². The van der Waals surface area contributed by atoms with Crippen molar-refractivity contribution in [1.82, 2.24) is 0 Å². The van der Waals surface area contributed by atoms with Crippen LogP contribution in [0.1, 0.15) is 25.7 Å². The fourth-order valence-electron chi connectivity index (χ4n) is 2.18. The maximum absolute atomic E-state index is 6.31. The Hall–Kier alpha value is 0.507. The van der Waals surface area contributed by atoms with E-state index in [9.17, 15) is 0 Å². The van der Waals surface area contributed by atoms with Crippen molar-refractivity contribution in [3.63, 3.8) is 0 Å². The molecule has 0 aromatic heterocycles. The topological polar surface area (TPSA) is 0 Å². The van der Waals surface area contributed by atoms with Crippen molar-refractivity contribution in [2.24, 2.45) is 5.92 Å². The predicted molar refractivity (Wildman–Crippen MR) is 59.8 cm³/mol. The zero-order valence-electron chi connectivity index (χ0n) is 8.57. The van der Waals surface area contributed by atoms with E-state index in [0.717, 1.165) is 5.92 Å². The molecule has 2 heteroatoms. The minimum absolute atomic E-state index is 0.491. The number of rotatable bonds is 2. The first-order valence-corrected chi connectivity index (χ1v) is 9.27. The van der Waals surface area contributed by atoms with Crippen molar-refractivity contribution in [2.45, 2.75) is 56.7 Å². The molecule has 0 spiro atoms. The van der Waals surface area contributed by atoms with Crippen LogP contribution in [-0.2, 0) is 0 Å². The van der Waals surface area contributed by atoms with Crippen molar-refractivity contribution < 1.29 is 0 Å². The van der Waals surface area contributed by atoms with Gasteiger partial charge >= 0.3 is 0 Å². The molecule has 0 saturated heterocycles. The van der Waals surface area contributed by atoms with E-state index in [1.54, 1.807) is 0 Å². The van der Waals surface area contributed by atoms with E-state index in [0.29, 0.717) is 5.38 Å². The molecule has 1 rings (SSSR count). The third-order valence-electron chi connectivity index (χ3n) is 2.69. The first kappa shape index (κ1) is 10.6. The molecule has 0 nitrogen and oxygen atoms in total. The van der Waals surface area contributed by atoms with Crippen molar-refractivity contribution in [2.75, 3.05) is 0 Å². The van der Waals surface area contributed by atoms with Crippen LogP contribution < -0.4 is 0 Å². The summed E-state index contributed by atoms with van der Waals surface area (Å²) in [4.78, 5) is 0. The van der Waals surface area contributed by atoms with Gasteiger partial charge in [-0.15, -0.1) is 11.6 Å². The Balaban J connectivity index is 2.39. The van der Waals surface area contributed by atoms with Crippen LogP contribution in [-0.4, -0.2) is 13.5 Å². The number of hydrogen-bond acceptors (Lipinski definition) is 0. The second-order valence-corrected chi connectivity index (χ2v) is 11.4. The average molecular weight is 205 g/mol. The SMILES string of the molecule is C[Si](C)(C)CC1CCCCC1Cl. The van der Waals surface area contributed by atoms with Gasteiger partial charge in [0.2, 0.25) is 0 Å². The summed E-state index contributed by atoms with van der Waals surface area (Å²) in [5.74, 6) is 0.840. The molecule has 72 valence electrons. The zero-order chi connectivity index (χ0) is 9.19. The molecule has 2 atom stereocenters. The monoisotopic (exact) mass is 204 g/mol. The van der Waals surface area contributed by atoms with Gasteiger partial charge in [0, 0.05) is 13.5 Å². The van der Waals surface area contributed by atoms with Gasteiger partial charge in [-0.3, -0.25) is 0 Å². The van der Waals surface area contributed by atoms with E-state index in [4.69, 9.17) is 11.6 Å². The van der Waals surface area contributed by atoms with Crippen molar-refractivity contribution in [3.05, 3.63) is 0 Å². The minimum atomic E-state index is -0.871. The molecule has 0 radical (unpaired) electrons. The van der Waals surface area contributed by atoms with E-state index >= 15 is 0 Å².